The minimum Gasteiger partial charge on any atom is -0.342 e. The van der Waals surface area contributed by atoms with Crippen molar-refractivity contribution in [3.05, 3.63) is 70.9 Å². The number of aromatic nitrogens is 3. The predicted molar refractivity (Wildman–Crippen MR) is 116 cm³/mol. The Morgan fingerprint density at radius 2 is 1.83 bits per heavy atom. The number of nitrogens with zero attached hydrogens (tertiary/aromatic N) is 2. The number of pyridine rings is 1. The third-order valence-corrected chi connectivity index (χ3v) is 6.78. The van der Waals surface area contributed by atoms with E-state index in [-0.39, 0.29) is 5.82 Å². The van der Waals surface area contributed by atoms with E-state index in [0.29, 0.717) is 17.8 Å². The van der Waals surface area contributed by atoms with Crippen LogP contribution in [-0.4, -0.2) is 15.0 Å². The van der Waals surface area contributed by atoms with Crippen molar-refractivity contribution in [3.8, 4) is 0 Å². The Balaban J connectivity index is 1.34. The number of hydrogen-bond acceptors (Lipinski definition) is 2. The Labute approximate surface area is 174 Å². The van der Waals surface area contributed by atoms with E-state index in [1.165, 1.54) is 11.6 Å². The average molecular weight is 408 g/mol. The number of rotatable bonds is 3. The van der Waals surface area contributed by atoms with Crippen LogP contribution in [0.5, 0.6) is 0 Å². The molecule has 29 heavy (non-hydrogen) atoms. The van der Waals surface area contributed by atoms with E-state index in [0.717, 1.165) is 58.5 Å². The average Bonchev–Trinajstić information content (AvgIpc) is 3.16. The van der Waals surface area contributed by atoms with Crippen molar-refractivity contribution in [2.45, 2.75) is 44.4 Å². The van der Waals surface area contributed by atoms with Crippen molar-refractivity contribution < 1.29 is 4.39 Å². The lowest BCUT2D eigenvalue weighted by Gasteiger charge is -2.32. The Hall–Kier alpha value is -2.46. The summed E-state index contributed by atoms with van der Waals surface area (Å²) in [5, 5.41) is 1.68. The third-order valence-electron chi connectivity index (χ3n) is 6.55. The molecule has 0 amide bonds. The van der Waals surface area contributed by atoms with Gasteiger partial charge in [-0.3, -0.25) is 4.98 Å². The van der Waals surface area contributed by atoms with Gasteiger partial charge >= 0.3 is 0 Å². The zero-order valence-corrected chi connectivity index (χ0v) is 17.1. The quantitative estimate of drug-likeness (QED) is 0.398. The highest BCUT2D eigenvalue weighted by Gasteiger charge is 2.29. The van der Waals surface area contributed by atoms with Gasteiger partial charge in [-0.2, -0.15) is 0 Å². The zero-order valence-electron chi connectivity index (χ0n) is 16.3. The van der Waals surface area contributed by atoms with Crippen LogP contribution in [0.1, 0.15) is 55.8 Å². The van der Waals surface area contributed by atoms with Crippen LogP contribution in [0.15, 0.2) is 48.7 Å². The molecule has 1 aliphatic rings. The molecule has 1 aliphatic carbocycles. The third kappa shape index (κ3) is 3.51. The summed E-state index contributed by atoms with van der Waals surface area (Å²) in [4.78, 5) is 12.7. The topological polar surface area (TPSA) is 41.6 Å². The largest absolute Gasteiger partial charge is 0.342 e. The second kappa shape index (κ2) is 7.42. The summed E-state index contributed by atoms with van der Waals surface area (Å²) in [7, 11) is 0. The second-order valence-corrected chi connectivity index (χ2v) is 8.68. The van der Waals surface area contributed by atoms with E-state index >= 15 is 0 Å². The molecule has 1 atom stereocenters. The number of hydrogen-bond donors (Lipinski definition) is 1. The van der Waals surface area contributed by atoms with Gasteiger partial charge in [0.25, 0.3) is 0 Å². The lowest BCUT2D eigenvalue weighted by molar-refractivity contribution is 0.286. The zero-order chi connectivity index (χ0) is 20.0. The Bertz CT molecular complexity index is 1180. The maximum Gasteiger partial charge on any atom is 0.123 e. The van der Waals surface area contributed by atoms with E-state index in [4.69, 9.17) is 16.6 Å². The maximum absolute atomic E-state index is 13.8. The standard InChI is InChI=1S/C24H23ClFN3/c1-14(24-28-22-8-6-17(25)12-23(22)29-24)15-2-4-16(5-3-15)19-10-11-27-21-9-7-18(26)13-20(19)21/h6-16H,2-5H2,1H3,(H,28,29)/t14-,15?,16?/m1/s1. The fourth-order valence-corrected chi connectivity index (χ4v) is 5.04. The number of halogens is 2. The summed E-state index contributed by atoms with van der Waals surface area (Å²) >= 11 is 6.11. The van der Waals surface area contributed by atoms with Crippen LogP contribution in [0.2, 0.25) is 5.02 Å². The summed E-state index contributed by atoms with van der Waals surface area (Å²) in [6.07, 6.45) is 6.35. The van der Waals surface area contributed by atoms with E-state index in [1.54, 1.807) is 12.1 Å². The van der Waals surface area contributed by atoms with Crippen LogP contribution < -0.4 is 0 Å². The summed E-state index contributed by atoms with van der Waals surface area (Å²) in [6.45, 7) is 2.27. The van der Waals surface area contributed by atoms with Gasteiger partial charge in [0.05, 0.1) is 16.6 Å². The van der Waals surface area contributed by atoms with Crippen LogP contribution in [0.25, 0.3) is 21.9 Å². The van der Waals surface area contributed by atoms with Crippen molar-refractivity contribution in [1.82, 2.24) is 15.0 Å². The first-order valence-electron chi connectivity index (χ1n) is 10.3. The molecule has 1 fully saturated rings. The molecule has 0 aliphatic heterocycles. The van der Waals surface area contributed by atoms with Gasteiger partial charge in [-0.25, -0.2) is 9.37 Å². The number of imidazole rings is 1. The van der Waals surface area contributed by atoms with Crippen LogP contribution >= 0.6 is 11.6 Å². The van der Waals surface area contributed by atoms with Gasteiger partial charge in [0.2, 0.25) is 0 Å². The highest BCUT2D eigenvalue weighted by molar-refractivity contribution is 6.31. The first kappa shape index (κ1) is 18.6. The van der Waals surface area contributed by atoms with Gasteiger partial charge in [-0.1, -0.05) is 18.5 Å². The monoisotopic (exact) mass is 407 g/mol. The van der Waals surface area contributed by atoms with Gasteiger partial charge in [0.1, 0.15) is 11.6 Å². The molecule has 4 aromatic rings. The summed E-state index contributed by atoms with van der Waals surface area (Å²) in [6, 6.07) is 12.7. The molecule has 1 saturated carbocycles. The van der Waals surface area contributed by atoms with Crippen LogP contribution in [0, 0.1) is 11.7 Å². The molecule has 2 aromatic carbocycles. The molecule has 0 bridgehead atoms. The summed E-state index contributed by atoms with van der Waals surface area (Å²) in [5.74, 6) is 2.27. The fraction of sp³-hybridized carbons (Fsp3) is 0.333. The maximum atomic E-state index is 13.8. The van der Waals surface area contributed by atoms with E-state index in [1.807, 2.05) is 24.4 Å². The first-order valence-corrected chi connectivity index (χ1v) is 10.7. The van der Waals surface area contributed by atoms with E-state index in [2.05, 4.69) is 23.0 Å². The van der Waals surface area contributed by atoms with Crippen molar-refractivity contribution in [2.24, 2.45) is 5.92 Å². The lowest BCUT2D eigenvalue weighted by atomic mass is 9.73. The lowest BCUT2D eigenvalue weighted by Crippen LogP contribution is -2.19. The van der Waals surface area contributed by atoms with Gasteiger partial charge in [-0.15, -0.1) is 0 Å². The van der Waals surface area contributed by atoms with Crippen LogP contribution in [-0.2, 0) is 0 Å². The van der Waals surface area contributed by atoms with Gasteiger partial charge < -0.3 is 4.98 Å². The molecule has 2 heterocycles. The first-order chi connectivity index (χ1) is 14.1. The van der Waals surface area contributed by atoms with Gasteiger partial charge in [-0.05, 0) is 85.5 Å². The number of aromatic amines is 1. The molecule has 0 radical (unpaired) electrons. The second-order valence-electron chi connectivity index (χ2n) is 8.25. The SMILES string of the molecule is C[C@@H](c1nc2ccc(Cl)cc2[nH]1)C1CCC(c2ccnc3ccc(F)cc23)CC1. The molecule has 0 saturated heterocycles. The molecule has 0 spiro atoms. The molecule has 0 unspecified atom stereocenters. The molecule has 2 aromatic heterocycles. The van der Waals surface area contributed by atoms with Crippen LogP contribution in [0.4, 0.5) is 4.39 Å². The minimum absolute atomic E-state index is 0.195. The van der Waals surface area contributed by atoms with Gasteiger partial charge in [0, 0.05) is 22.5 Å². The predicted octanol–water partition coefficient (Wildman–Crippen LogP) is 6.98. The Kier molecular flexibility index (Phi) is 4.75. The molecule has 1 N–H and O–H groups in total. The molecule has 5 rings (SSSR count). The Morgan fingerprint density at radius 3 is 2.66 bits per heavy atom. The van der Waals surface area contributed by atoms with E-state index in [9.17, 15) is 4.39 Å². The smallest absolute Gasteiger partial charge is 0.123 e. The molecule has 3 nitrogen and oxygen atoms in total. The van der Waals surface area contributed by atoms with Crippen LogP contribution in [0.3, 0.4) is 0 Å². The number of fused-ring (bicyclic) bond motifs is 2. The molecule has 148 valence electrons. The van der Waals surface area contributed by atoms with Crippen molar-refractivity contribution in [3.63, 3.8) is 0 Å². The number of nitrogens with one attached hydrogen (secondary N) is 1. The number of H-pyrrole nitrogens is 1. The molecular weight excluding hydrogens is 385 g/mol. The summed E-state index contributed by atoms with van der Waals surface area (Å²) in [5.41, 5.74) is 4.08. The highest BCUT2D eigenvalue weighted by atomic mass is 35.5. The Morgan fingerprint density at radius 1 is 1.03 bits per heavy atom. The number of benzene rings is 2. The molecular formula is C24H23ClFN3. The summed E-state index contributed by atoms with van der Waals surface area (Å²) < 4.78 is 13.8. The van der Waals surface area contributed by atoms with Crippen molar-refractivity contribution in [1.29, 1.82) is 0 Å². The minimum atomic E-state index is -0.195. The van der Waals surface area contributed by atoms with Crippen molar-refractivity contribution >= 4 is 33.5 Å². The van der Waals surface area contributed by atoms with E-state index < -0.39 is 0 Å². The van der Waals surface area contributed by atoms with Crippen molar-refractivity contribution in [2.75, 3.05) is 0 Å². The van der Waals surface area contributed by atoms with Gasteiger partial charge in [0.15, 0.2) is 0 Å². The molecule has 5 heteroatoms. The normalized spacial score (nSPS) is 20.9. The highest BCUT2D eigenvalue weighted by Crippen LogP contribution is 2.43. The fourth-order valence-electron chi connectivity index (χ4n) is 4.87.